The van der Waals surface area contributed by atoms with E-state index in [1.54, 1.807) is 6.20 Å². The zero-order valence-electron chi connectivity index (χ0n) is 18.8. The van der Waals surface area contributed by atoms with Crippen molar-refractivity contribution in [2.45, 2.75) is 44.1 Å². The Bertz CT molecular complexity index is 1090. The van der Waals surface area contributed by atoms with Gasteiger partial charge in [0.05, 0.1) is 13.3 Å². The van der Waals surface area contributed by atoms with Crippen LogP contribution in [0, 0.1) is 5.92 Å². The second kappa shape index (κ2) is 8.06. The molecule has 1 aromatic heterocycles. The van der Waals surface area contributed by atoms with Crippen molar-refractivity contribution < 1.29 is 9.59 Å². The van der Waals surface area contributed by atoms with Gasteiger partial charge in [-0.3, -0.25) is 29.4 Å². The number of aromatic nitrogens is 1. The van der Waals surface area contributed by atoms with E-state index in [1.165, 1.54) is 0 Å². The van der Waals surface area contributed by atoms with Crippen LogP contribution in [0.4, 0.5) is 0 Å². The molecule has 7 heteroatoms. The number of benzene rings is 1. The molecule has 0 atom stereocenters. The molecule has 3 heterocycles. The van der Waals surface area contributed by atoms with Gasteiger partial charge in [-0.1, -0.05) is 43.2 Å². The van der Waals surface area contributed by atoms with Gasteiger partial charge in [-0.25, -0.2) is 0 Å². The molecule has 1 spiro atoms. The summed E-state index contributed by atoms with van der Waals surface area (Å²) in [6.45, 7) is 2.62. The number of rotatable bonds is 5. The van der Waals surface area contributed by atoms with Crippen molar-refractivity contribution in [1.29, 1.82) is 0 Å². The first-order chi connectivity index (χ1) is 16.1. The van der Waals surface area contributed by atoms with Crippen molar-refractivity contribution in [3.63, 3.8) is 0 Å². The van der Waals surface area contributed by atoms with Crippen LogP contribution in [0.2, 0.25) is 0 Å². The van der Waals surface area contributed by atoms with E-state index >= 15 is 0 Å². The Kier molecular flexibility index (Phi) is 5.02. The van der Waals surface area contributed by atoms with Crippen LogP contribution in [0.25, 0.3) is 11.1 Å². The number of hydrogen-bond donors (Lipinski definition) is 0. The molecule has 170 valence electrons. The highest BCUT2D eigenvalue weighted by Crippen LogP contribution is 2.40. The SMILES string of the molecule is O=C(C1CC1)N1CCN(CN2C(=O)C3(CCCC3)N=C2c2ccc(-c3cccnc3)cc2)C1. The summed E-state index contributed by atoms with van der Waals surface area (Å²) in [5.41, 5.74) is 2.52. The molecule has 2 aliphatic heterocycles. The molecule has 0 bridgehead atoms. The maximum absolute atomic E-state index is 13.6. The van der Waals surface area contributed by atoms with Crippen LogP contribution in [0.5, 0.6) is 0 Å². The second-order valence-electron chi connectivity index (χ2n) is 9.78. The molecule has 4 aliphatic rings. The van der Waals surface area contributed by atoms with Crippen molar-refractivity contribution >= 4 is 17.6 Å². The van der Waals surface area contributed by atoms with Crippen LogP contribution in [-0.4, -0.2) is 69.3 Å². The fourth-order valence-corrected chi connectivity index (χ4v) is 5.37. The second-order valence-corrected chi connectivity index (χ2v) is 9.78. The summed E-state index contributed by atoms with van der Waals surface area (Å²) in [7, 11) is 0. The van der Waals surface area contributed by atoms with E-state index in [4.69, 9.17) is 4.99 Å². The number of pyridine rings is 1. The van der Waals surface area contributed by atoms with Gasteiger partial charge in [-0.05, 0) is 42.9 Å². The molecule has 6 rings (SSSR count). The minimum absolute atomic E-state index is 0.123. The van der Waals surface area contributed by atoms with Gasteiger partial charge in [-0.2, -0.15) is 0 Å². The average molecular weight is 444 g/mol. The third-order valence-electron chi connectivity index (χ3n) is 7.42. The summed E-state index contributed by atoms with van der Waals surface area (Å²) < 4.78 is 0. The molecule has 0 unspecified atom stereocenters. The highest BCUT2D eigenvalue weighted by molar-refractivity contribution is 6.15. The standard InChI is InChI=1S/C26H29N5O2/c32-24(21-9-10-21)30-15-14-29(17-30)18-31-23(28-26(25(31)33)11-1-2-12-26)20-7-5-19(6-8-20)22-4-3-13-27-16-22/h3-8,13,16,21H,1-2,9-12,14-15,17-18H2. The van der Waals surface area contributed by atoms with Crippen LogP contribution in [0.3, 0.4) is 0 Å². The summed E-state index contributed by atoms with van der Waals surface area (Å²) in [6.07, 6.45) is 9.41. The Morgan fingerprint density at radius 1 is 1.00 bits per heavy atom. The molecule has 2 aromatic rings. The summed E-state index contributed by atoms with van der Waals surface area (Å²) in [6, 6.07) is 12.2. The number of hydrogen-bond acceptors (Lipinski definition) is 5. The van der Waals surface area contributed by atoms with E-state index < -0.39 is 5.54 Å². The molecular formula is C26H29N5O2. The Morgan fingerprint density at radius 3 is 2.45 bits per heavy atom. The molecule has 3 fully saturated rings. The Labute approximate surface area is 194 Å². The molecule has 2 amide bonds. The van der Waals surface area contributed by atoms with Crippen molar-refractivity contribution in [1.82, 2.24) is 19.7 Å². The molecule has 33 heavy (non-hydrogen) atoms. The monoisotopic (exact) mass is 443 g/mol. The predicted molar refractivity (Wildman–Crippen MR) is 125 cm³/mol. The summed E-state index contributed by atoms with van der Waals surface area (Å²) >= 11 is 0. The van der Waals surface area contributed by atoms with Gasteiger partial charge in [0.25, 0.3) is 5.91 Å². The lowest BCUT2D eigenvalue weighted by Gasteiger charge is -2.27. The minimum atomic E-state index is -0.597. The normalized spacial score (nSPS) is 22.4. The van der Waals surface area contributed by atoms with Crippen LogP contribution in [0.1, 0.15) is 44.1 Å². The third kappa shape index (κ3) is 3.74. The zero-order chi connectivity index (χ0) is 22.4. The lowest BCUT2D eigenvalue weighted by molar-refractivity contribution is -0.133. The van der Waals surface area contributed by atoms with Crippen LogP contribution in [0.15, 0.2) is 53.8 Å². The van der Waals surface area contributed by atoms with Gasteiger partial charge in [-0.15, -0.1) is 0 Å². The minimum Gasteiger partial charge on any atom is -0.328 e. The number of amidine groups is 1. The first-order valence-electron chi connectivity index (χ1n) is 12.1. The third-order valence-corrected chi connectivity index (χ3v) is 7.42. The highest BCUT2D eigenvalue weighted by atomic mass is 16.2. The lowest BCUT2D eigenvalue weighted by atomic mass is 9.98. The molecule has 2 aliphatic carbocycles. The largest absolute Gasteiger partial charge is 0.328 e. The molecular weight excluding hydrogens is 414 g/mol. The molecule has 1 saturated heterocycles. The smallest absolute Gasteiger partial charge is 0.257 e. The van der Waals surface area contributed by atoms with Gasteiger partial charge < -0.3 is 4.90 Å². The number of nitrogens with zero attached hydrogens (tertiary/aromatic N) is 5. The van der Waals surface area contributed by atoms with Gasteiger partial charge >= 0.3 is 0 Å². The van der Waals surface area contributed by atoms with Gasteiger partial charge in [0.2, 0.25) is 5.91 Å². The topological polar surface area (TPSA) is 69.1 Å². The maximum Gasteiger partial charge on any atom is 0.257 e. The van der Waals surface area contributed by atoms with Crippen molar-refractivity contribution in [3.8, 4) is 11.1 Å². The molecule has 7 nitrogen and oxygen atoms in total. The molecule has 0 N–H and O–H groups in total. The highest BCUT2D eigenvalue weighted by Gasteiger charge is 2.50. The average Bonchev–Trinajstić information content (AvgIpc) is 3.31. The van der Waals surface area contributed by atoms with Crippen LogP contribution >= 0.6 is 0 Å². The van der Waals surface area contributed by atoms with Gasteiger partial charge in [0.15, 0.2) is 0 Å². The van der Waals surface area contributed by atoms with E-state index in [-0.39, 0.29) is 17.7 Å². The van der Waals surface area contributed by atoms with Crippen molar-refractivity contribution in [2.24, 2.45) is 10.9 Å². The number of amides is 2. The fourth-order valence-electron chi connectivity index (χ4n) is 5.37. The molecule has 2 saturated carbocycles. The Morgan fingerprint density at radius 2 is 1.76 bits per heavy atom. The van der Waals surface area contributed by atoms with Crippen molar-refractivity contribution in [2.75, 3.05) is 26.4 Å². The summed E-state index contributed by atoms with van der Waals surface area (Å²) in [4.78, 5) is 41.4. The van der Waals surface area contributed by atoms with E-state index in [2.05, 4.69) is 34.1 Å². The van der Waals surface area contributed by atoms with Crippen molar-refractivity contribution in [3.05, 3.63) is 54.4 Å². The summed E-state index contributed by atoms with van der Waals surface area (Å²) in [5.74, 6) is 1.40. The number of aliphatic imine (C=N–C) groups is 1. The zero-order valence-corrected chi connectivity index (χ0v) is 18.8. The number of carbonyl (C=O) groups is 2. The number of carbonyl (C=O) groups excluding carboxylic acids is 2. The Hall–Kier alpha value is -3.06. The summed E-state index contributed by atoms with van der Waals surface area (Å²) in [5, 5.41) is 0. The fraction of sp³-hybridized carbons (Fsp3) is 0.462. The molecule has 0 radical (unpaired) electrons. The van der Waals surface area contributed by atoms with Crippen LogP contribution in [-0.2, 0) is 9.59 Å². The van der Waals surface area contributed by atoms with Gasteiger partial charge in [0, 0.05) is 37.0 Å². The molecule has 1 aromatic carbocycles. The van der Waals surface area contributed by atoms with E-state index in [0.717, 1.165) is 74.1 Å². The van der Waals surface area contributed by atoms with E-state index in [1.807, 2.05) is 28.1 Å². The maximum atomic E-state index is 13.6. The van der Waals surface area contributed by atoms with Gasteiger partial charge in [0.1, 0.15) is 11.4 Å². The van der Waals surface area contributed by atoms with E-state index in [0.29, 0.717) is 13.3 Å². The van der Waals surface area contributed by atoms with E-state index in [9.17, 15) is 9.59 Å². The first-order valence-corrected chi connectivity index (χ1v) is 12.1. The van der Waals surface area contributed by atoms with Crippen LogP contribution < -0.4 is 0 Å². The first kappa shape index (κ1) is 20.5. The lowest BCUT2D eigenvalue weighted by Crippen LogP contribution is -2.47. The predicted octanol–water partition coefficient (Wildman–Crippen LogP) is 3.12. The Balaban J connectivity index is 1.25. The quantitative estimate of drug-likeness (QED) is 0.712.